The summed E-state index contributed by atoms with van der Waals surface area (Å²) in [6.07, 6.45) is -3.42. The zero-order valence-corrected chi connectivity index (χ0v) is 46.0. The number of aliphatic hydroxyl groups is 1. The number of hydrogen-bond donors (Lipinski definition) is 18. The van der Waals surface area contributed by atoms with Gasteiger partial charge in [-0.05, 0) is 76.5 Å². The molecule has 0 unspecified atom stereocenters. The number of carboxylic acids is 3. The van der Waals surface area contributed by atoms with Crippen LogP contribution < -0.4 is 76.5 Å². The van der Waals surface area contributed by atoms with Crippen molar-refractivity contribution in [1.82, 2.24) is 47.9 Å². The molecule has 0 saturated carbocycles. The molecule has 0 aromatic heterocycles. The highest BCUT2D eigenvalue weighted by atomic mass is 16.4. The number of rotatable bonds is 38. The van der Waals surface area contributed by atoms with Crippen LogP contribution in [0.5, 0.6) is 0 Å². The van der Waals surface area contributed by atoms with Crippen molar-refractivity contribution in [1.29, 1.82) is 0 Å². The Labute approximate surface area is 457 Å². The lowest BCUT2D eigenvalue weighted by Gasteiger charge is -2.28. The Bertz CT molecular complexity index is 2170. The summed E-state index contributed by atoms with van der Waals surface area (Å²) >= 11 is 0. The molecule has 32 nitrogen and oxygen atoms in total. The summed E-state index contributed by atoms with van der Waals surface area (Å²) in [5.41, 5.74) is 27.4. The second-order valence-electron chi connectivity index (χ2n) is 19.8. The summed E-state index contributed by atoms with van der Waals surface area (Å²) in [5.74, 6) is -14.5. The Morgan fingerprint density at radius 3 is 1.30 bits per heavy atom. The zero-order valence-electron chi connectivity index (χ0n) is 46.0. The molecule has 0 heterocycles. The van der Waals surface area contributed by atoms with Gasteiger partial charge in [-0.15, -0.1) is 0 Å². The smallest absolute Gasteiger partial charge is 0.326 e. The molecule has 0 aromatic rings. The van der Waals surface area contributed by atoms with Gasteiger partial charge in [-0.2, -0.15) is 0 Å². The summed E-state index contributed by atoms with van der Waals surface area (Å²) in [6.45, 7) is 11.2. The SMILES string of the molecule is CC(C)C[C@H](NC(=O)[C@H](CCCN=C(N)N)NC(=O)[C@@H](NC(=O)[C@H](CCCN=C(N)N)NC(=O)[C@H](CCC(=O)O)NC(=O)CNC(=O)[C@@H](NC(=O)[C@@H](NC(=O)[C@H](C)NC(=O)[C@@H](N)CCC(=O)O)[C@@H](C)O)C(C)C)C(C)C)C(=O)O. The van der Waals surface area contributed by atoms with Gasteiger partial charge >= 0.3 is 17.9 Å². The van der Waals surface area contributed by atoms with Crippen molar-refractivity contribution in [2.45, 2.75) is 174 Å². The van der Waals surface area contributed by atoms with Gasteiger partial charge < -0.3 is 96.9 Å². The molecule has 79 heavy (non-hydrogen) atoms. The van der Waals surface area contributed by atoms with E-state index in [1.807, 2.05) is 0 Å². The van der Waals surface area contributed by atoms with Crippen molar-refractivity contribution in [2.75, 3.05) is 19.6 Å². The average Bonchev–Trinajstić information content (AvgIpc) is 3.33. The molecule has 0 saturated heterocycles. The van der Waals surface area contributed by atoms with E-state index in [4.69, 9.17) is 33.8 Å². The number of aliphatic imine (C=N–C) groups is 2. The van der Waals surface area contributed by atoms with Crippen molar-refractivity contribution in [3.8, 4) is 0 Å². The van der Waals surface area contributed by atoms with E-state index in [0.29, 0.717) is 0 Å². The average molecular weight is 1130 g/mol. The number of nitrogens with zero attached hydrogens (tertiary/aromatic N) is 2. The first-order chi connectivity index (χ1) is 36.7. The molecule has 9 amide bonds. The fourth-order valence-corrected chi connectivity index (χ4v) is 7.15. The minimum absolute atomic E-state index is 0.0425. The molecule has 0 fully saturated rings. The predicted octanol–water partition coefficient (Wildman–Crippen LogP) is -6.01. The van der Waals surface area contributed by atoms with E-state index in [2.05, 4.69) is 57.8 Å². The van der Waals surface area contributed by atoms with Gasteiger partial charge in [-0.25, -0.2) is 4.79 Å². The van der Waals surface area contributed by atoms with Crippen LogP contribution in [-0.4, -0.2) is 184 Å². The second-order valence-corrected chi connectivity index (χ2v) is 19.8. The predicted molar refractivity (Wildman–Crippen MR) is 284 cm³/mol. The van der Waals surface area contributed by atoms with E-state index >= 15 is 0 Å². The first-order valence-electron chi connectivity index (χ1n) is 25.6. The molecule has 0 rings (SSSR count). The maximum absolute atomic E-state index is 14.1. The van der Waals surface area contributed by atoms with Crippen LogP contribution in [0, 0.1) is 17.8 Å². The molecule has 0 radical (unpaired) electrons. The number of carboxylic acid groups (broad SMARTS) is 3. The lowest BCUT2D eigenvalue weighted by Crippen LogP contribution is -2.61. The lowest BCUT2D eigenvalue weighted by atomic mass is 10.00. The highest BCUT2D eigenvalue weighted by Gasteiger charge is 2.36. The molecular formula is C47H84N16O16. The van der Waals surface area contributed by atoms with Gasteiger partial charge in [0.05, 0.1) is 18.7 Å². The summed E-state index contributed by atoms with van der Waals surface area (Å²) in [7, 11) is 0. The first-order valence-corrected chi connectivity index (χ1v) is 25.6. The van der Waals surface area contributed by atoms with Gasteiger partial charge in [0.15, 0.2) is 11.9 Å². The number of carbonyl (C=O) groups excluding carboxylic acids is 9. The lowest BCUT2D eigenvalue weighted by molar-refractivity contribution is -0.143. The fraction of sp³-hybridized carbons (Fsp3) is 0.702. The Morgan fingerprint density at radius 2 is 0.861 bits per heavy atom. The summed E-state index contributed by atoms with van der Waals surface area (Å²) < 4.78 is 0. The molecule has 0 spiro atoms. The van der Waals surface area contributed by atoms with Gasteiger partial charge in [-0.3, -0.25) is 62.7 Å². The molecule has 448 valence electrons. The molecule has 32 heteroatoms. The third kappa shape index (κ3) is 29.4. The summed E-state index contributed by atoms with van der Waals surface area (Å²) in [6, 6.07) is -12.9. The topological polar surface area (TPSA) is 549 Å². The van der Waals surface area contributed by atoms with Gasteiger partial charge in [0.25, 0.3) is 0 Å². The molecule has 0 aliphatic heterocycles. The van der Waals surface area contributed by atoms with Crippen LogP contribution in [0.4, 0.5) is 0 Å². The first kappa shape index (κ1) is 71.1. The molecule has 0 aromatic carbocycles. The van der Waals surface area contributed by atoms with E-state index < -0.39 is 169 Å². The van der Waals surface area contributed by atoms with Crippen molar-refractivity contribution >= 4 is 83.0 Å². The fourth-order valence-electron chi connectivity index (χ4n) is 7.15. The highest BCUT2D eigenvalue weighted by molar-refractivity contribution is 5.98. The minimum Gasteiger partial charge on any atom is -0.481 e. The normalized spacial score (nSPS) is 14.8. The van der Waals surface area contributed by atoms with E-state index in [1.54, 1.807) is 27.7 Å². The van der Waals surface area contributed by atoms with E-state index in [9.17, 15) is 72.9 Å². The maximum Gasteiger partial charge on any atom is 0.326 e. The standard InChI is InChI=1S/C47H84N16O16/c1-21(2)19-30(45(78)79)60-39(72)27(11-9-17-53-46(49)50)59-43(76)35(23(5)6)61-41(74)28(12-10-18-54-47(51)52)58-40(73)29(14-16-33(68)69)57-31(65)20-55-42(75)34(22(3)4)62-44(77)36(25(8)64)63-37(70)24(7)56-38(71)26(48)13-15-32(66)67/h21-30,34-36,64H,9-20,48H2,1-8H3,(H,55,75)(H,56,71)(H,57,65)(H,58,73)(H,59,76)(H,60,72)(H,61,74)(H,62,77)(H,63,70)(H,66,67)(H,68,69)(H,78,79)(H4,49,50,53)(H4,51,52,54)/t24-,25+,26-,27-,28-,29-,30-,34-,35-,36-/m0/s1. The summed E-state index contributed by atoms with van der Waals surface area (Å²) in [5, 5.41) is 60.1. The van der Waals surface area contributed by atoms with Gasteiger partial charge in [0.1, 0.15) is 48.3 Å². The highest BCUT2D eigenvalue weighted by Crippen LogP contribution is 2.11. The molecule has 10 atom stereocenters. The van der Waals surface area contributed by atoms with Gasteiger partial charge in [0.2, 0.25) is 53.2 Å². The van der Waals surface area contributed by atoms with Crippen LogP contribution in [0.1, 0.15) is 113 Å². The number of guanidine groups is 2. The molecule has 23 N–H and O–H groups in total. The van der Waals surface area contributed by atoms with Gasteiger partial charge in [-0.1, -0.05) is 41.5 Å². The molecule has 0 aliphatic rings. The van der Waals surface area contributed by atoms with Gasteiger partial charge in [0, 0.05) is 25.9 Å². The largest absolute Gasteiger partial charge is 0.481 e. The number of aliphatic hydroxyl groups excluding tert-OH is 1. The Morgan fingerprint density at radius 1 is 0.456 bits per heavy atom. The third-order valence-electron chi connectivity index (χ3n) is 11.5. The maximum atomic E-state index is 14.1. The minimum atomic E-state index is -1.69. The van der Waals surface area contributed by atoms with Crippen LogP contribution >= 0.6 is 0 Å². The number of nitrogens with two attached hydrogens (primary N) is 5. The molecule has 0 aliphatic carbocycles. The van der Waals surface area contributed by atoms with E-state index in [-0.39, 0.29) is 69.5 Å². The number of aliphatic carboxylic acids is 3. The Kier molecular flexibility index (Phi) is 32.6. The van der Waals surface area contributed by atoms with Crippen LogP contribution in [0.2, 0.25) is 0 Å². The van der Waals surface area contributed by atoms with Crippen LogP contribution in [0.15, 0.2) is 9.98 Å². The van der Waals surface area contributed by atoms with Crippen molar-refractivity contribution < 1.29 is 78.0 Å². The van der Waals surface area contributed by atoms with E-state index in [1.165, 1.54) is 20.8 Å². The van der Waals surface area contributed by atoms with E-state index in [0.717, 1.165) is 6.92 Å². The quantitative estimate of drug-likeness (QED) is 0.0155. The molecular weight excluding hydrogens is 1040 g/mol. The van der Waals surface area contributed by atoms with Crippen molar-refractivity contribution in [3.05, 3.63) is 0 Å². The van der Waals surface area contributed by atoms with Crippen LogP contribution in [0.25, 0.3) is 0 Å². The Hall–Kier alpha value is -7.90. The number of nitrogens with one attached hydrogen (secondary N) is 9. The number of amides is 9. The van der Waals surface area contributed by atoms with Crippen LogP contribution in [-0.2, 0) is 57.5 Å². The van der Waals surface area contributed by atoms with Crippen molar-refractivity contribution in [3.63, 3.8) is 0 Å². The Balaban J connectivity index is 6.44. The molecule has 0 bridgehead atoms. The second kappa shape index (κ2) is 36.2. The number of carbonyl (C=O) groups is 12. The summed E-state index contributed by atoms with van der Waals surface area (Å²) in [4.78, 5) is 163. The number of hydrogen-bond acceptors (Lipinski definition) is 16. The monoisotopic (exact) mass is 1130 g/mol. The zero-order chi connectivity index (χ0) is 60.9. The van der Waals surface area contributed by atoms with Crippen molar-refractivity contribution in [2.24, 2.45) is 56.4 Å². The third-order valence-corrected chi connectivity index (χ3v) is 11.5. The van der Waals surface area contributed by atoms with Crippen LogP contribution in [0.3, 0.4) is 0 Å².